The van der Waals surface area contributed by atoms with Crippen LogP contribution in [-0.2, 0) is 0 Å². The SMILES string of the molecule is CCSC(SC/C=C/c1ccccc1)c1ccc(-c2ccccc2)cc1. The van der Waals surface area contributed by atoms with E-state index in [-0.39, 0.29) is 0 Å². The summed E-state index contributed by atoms with van der Waals surface area (Å²) in [6.07, 6.45) is 4.47. The first kappa shape index (κ1) is 18.9. The fourth-order valence-corrected chi connectivity index (χ4v) is 5.16. The van der Waals surface area contributed by atoms with Gasteiger partial charge in [-0.15, -0.1) is 23.5 Å². The minimum Gasteiger partial charge on any atom is -0.143 e. The third-order valence-electron chi connectivity index (χ3n) is 4.06. The smallest absolute Gasteiger partial charge is 0.0754 e. The summed E-state index contributed by atoms with van der Waals surface area (Å²) >= 11 is 4.00. The molecule has 0 saturated heterocycles. The minimum absolute atomic E-state index is 0.477. The number of hydrogen-bond donors (Lipinski definition) is 0. The highest BCUT2D eigenvalue weighted by molar-refractivity contribution is 8.16. The summed E-state index contributed by atoms with van der Waals surface area (Å²) in [6.45, 7) is 2.23. The van der Waals surface area contributed by atoms with Crippen LogP contribution in [0.3, 0.4) is 0 Å². The maximum absolute atomic E-state index is 2.28. The van der Waals surface area contributed by atoms with Crippen molar-refractivity contribution in [2.45, 2.75) is 11.5 Å². The second kappa shape index (κ2) is 10.3. The number of benzene rings is 3. The lowest BCUT2D eigenvalue weighted by atomic mass is 10.0. The molecule has 0 heterocycles. The topological polar surface area (TPSA) is 0 Å². The molecule has 0 amide bonds. The molecule has 0 aliphatic heterocycles. The lowest BCUT2D eigenvalue weighted by Crippen LogP contribution is -1.91. The van der Waals surface area contributed by atoms with E-state index < -0.39 is 0 Å². The zero-order valence-corrected chi connectivity index (χ0v) is 16.7. The Morgan fingerprint density at radius 1 is 0.731 bits per heavy atom. The van der Waals surface area contributed by atoms with Gasteiger partial charge in [-0.2, -0.15) is 0 Å². The fourth-order valence-electron chi connectivity index (χ4n) is 2.75. The molecule has 0 aliphatic rings. The molecule has 0 aromatic heterocycles. The highest BCUT2D eigenvalue weighted by Gasteiger charge is 2.11. The van der Waals surface area contributed by atoms with Crippen molar-refractivity contribution >= 4 is 29.6 Å². The summed E-state index contributed by atoms with van der Waals surface area (Å²) < 4.78 is 0.477. The van der Waals surface area contributed by atoms with E-state index in [9.17, 15) is 0 Å². The van der Waals surface area contributed by atoms with Gasteiger partial charge in [0.15, 0.2) is 0 Å². The van der Waals surface area contributed by atoms with Crippen LogP contribution in [0, 0.1) is 0 Å². The van der Waals surface area contributed by atoms with E-state index in [0.29, 0.717) is 4.58 Å². The van der Waals surface area contributed by atoms with Gasteiger partial charge < -0.3 is 0 Å². The van der Waals surface area contributed by atoms with Crippen LogP contribution in [0.25, 0.3) is 17.2 Å². The van der Waals surface area contributed by atoms with Crippen molar-refractivity contribution < 1.29 is 0 Å². The lowest BCUT2D eigenvalue weighted by Gasteiger charge is -2.15. The first-order valence-corrected chi connectivity index (χ1v) is 11.1. The molecule has 0 bridgehead atoms. The molecule has 0 saturated carbocycles. The van der Waals surface area contributed by atoms with Gasteiger partial charge in [-0.1, -0.05) is 104 Å². The van der Waals surface area contributed by atoms with Crippen molar-refractivity contribution in [3.05, 3.63) is 102 Å². The molecule has 132 valence electrons. The Morgan fingerprint density at radius 2 is 1.35 bits per heavy atom. The van der Waals surface area contributed by atoms with Crippen LogP contribution in [0.4, 0.5) is 0 Å². The minimum atomic E-state index is 0.477. The van der Waals surface area contributed by atoms with Gasteiger partial charge in [0.2, 0.25) is 0 Å². The molecule has 26 heavy (non-hydrogen) atoms. The van der Waals surface area contributed by atoms with Crippen molar-refractivity contribution in [2.75, 3.05) is 11.5 Å². The van der Waals surface area contributed by atoms with E-state index in [1.54, 1.807) is 0 Å². The van der Waals surface area contributed by atoms with E-state index in [1.807, 2.05) is 23.5 Å². The summed E-state index contributed by atoms with van der Waals surface area (Å²) in [4.78, 5) is 0. The highest BCUT2D eigenvalue weighted by atomic mass is 32.2. The van der Waals surface area contributed by atoms with E-state index >= 15 is 0 Å². The van der Waals surface area contributed by atoms with Crippen LogP contribution < -0.4 is 0 Å². The first-order chi connectivity index (χ1) is 12.9. The maximum Gasteiger partial charge on any atom is 0.0754 e. The summed E-state index contributed by atoms with van der Waals surface area (Å²) in [6, 6.07) is 30.1. The maximum atomic E-state index is 2.28. The average molecular weight is 377 g/mol. The quantitative estimate of drug-likeness (QED) is 0.372. The Labute approximate surface area is 165 Å². The molecule has 0 nitrogen and oxygen atoms in total. The van der Waals surface area contributed by atoms with Crippen LogP contribution >= 0.6 is 23.5 Å². The second-order valence-corrected chi connectivity index (χ2v) is 8.74. The van der Waals surface area contributed by atoms with Crippen molar-refractivity contribution in [1.29, 1.82) is 0 Å². The molecule has 0 radical (unpaired) electrons. The molecule has 0 spiro atoms. The molecule has 1 atom stereocenters. The highest BCUT2D eigenvalue weighted by Crippen LogP contribution is 2.40. The van der Waals surface area contributed by atoms with Crippen molar-refractivity contribution in [1.82, 2.24) is 0 Å². The van der Waals surface area contributed by atoms with Gasteiger partial charge in [0, 0.05) is 5.75 Å². The van der Waals surface area contributed by atoms with Crippen molar-refractivity contribution in [3.8, 4) is 11.1 Å². The van der Waals surface area contributed by atoms with E-state index in [1.165, 1.54) is 22.3 Å². The first-order valence-electron chi connectivity index (χ1n) is 8.97. The molecular weight excluding hydrogens is 352 g/mol. The summed E-state index contributed by atoms with van der Waals surface area (Å²) in [7, 11) is 0. The molecule has 3 rings (SSSR count). The Balaban J connectivity index is 1.63. The van der Waals surface area contributed by atoms with Gasteiger partial charge in [-0.05, 0) is 28.0 Å². The average Bonchev–Trinajstić information content (AvgIpc) is 2.72. The van der Waals surface area contributed by atoms with Gasteiger partial charge in [0.25, 0.3) is 0 Å². The number of hydrogen-bond acceptors (Lipinski definition) is 2. The van der Waals surface area contributed by atoms with E-state index in [0.717, 1.165) is 11.5 Å². The largest absolute Gasteiger partial charge is 0.143 e. The van der Waals surface area contributed by atoms with Crippen LogP contribution in [0.5, 0.6) is 0 Å². The zero-order chi connectivity index (χ0) is 18.0. The Bertz CT molecular complexity index is 793. The fraction of sp³-hybridized carbons (Fsp3) is 0.167. The molecule has 3 aromatic carbocycles. The van der Waals surface area contributed by atoms with Crippen LogP contribution in [0.2, 0.25) is 0 Å². The van der Waals surface area contributed by atoms with Gasteiger partial charge >= 0.3 is 0 Å². The molecule has 0 N–H and O–H groups in total. The Kier molecular flexibility index (Phi) is 7.48. The number of rotatable bonds is 8. The number of thioether (sulfide) groups is 2. The molecular formula is C24H24S2. The van der Waals surface area contributed by atoms with E-state index in [4.69, 9.17) is 0 Å². The van der Waals surface area contributed by atoms with Gasteiger partial charge in [0.05, 0.1) is 4.58 Å². The van der Waals surface area contributed by atoms with Crippen LogP contribution in [0.15, 0.2) is 91.0 Å². The Morgan fingerprint density at radius 3 is 2.00 bits per heavy atom. The zero-order valence-electron chi connectivity index (χ0n) is 15.0. The monoisotopic (exact) mass is 376 g/mol. The Hall–Kier alpha value is -1.90. The molecule has 1 unspecified atom stereocenters. The molecule has 2 heteroatoms. The van der Waals surface area contributed by atoms with E-state index in [2.05, 4.69) is 104 Å². The van der Waals surface area contributed by atoms with Gasteiger partial charge in [-0.3, -0.25) is 0 Å². The standard InChI is InChI=1S/C24H24S2/c1-2-25-24(26-19-9-12-20-10-5-3-6-11-20)23-17-15-22(16-18-23)21-13-7-4-8-14-21/h3-18,24H,2,19H2,1H3/b12-9+. The van der Waals surface area contributed by atoms with Gasteiger partial charge in [0.1, 0.15) is 0 Å². The normalized spacial score (nSPS) is 12.3. The van der Waals surface area contributed by atoms with Crippen molar-refractivity contribution in [3.63, 3.8) is 0 Å². The molecule has 0 aliphatic carbocycles. The predicted molar refractivity (Wildman–Crippen MR) is 121 cm³/mol. The lowest BCUT2D eigenvalue weighted by molar-refractivity contribution is 1.36. The molecule has 3 aromatic rings. The van der Waals surface area contributed by atoms with Crippen molar-refractivity contribution in [2.24, 2.45) is 0 Å². The van der Waals surface area contributed by atoms with Gasteiger partial charge in [-0.25, -0.2) is 0 Å². The summed E-state index contributed by atoms with van der Waals surface area (Å²) in [5, 5.41) is 0. The van der Waals surface area contributed by atoms with Crippen LogP contribution in [-0.4, -0.2) is 11.5 Å². The summed E-state index contributed by atoms with van der Waals surface area (Å²) in [5.41, 5.74) is 5.22. The third kappa shape index (κ3) is 5.55. The second-order valence-electron chi connectivity index (χ2n) is 5.92. The molecule has 0 fully saturated rings. The van der Waals surface area contributed by atoms with Crippen LogP contribution in [0.1, 0.15) is 22.6 Å². The predicted octanol–water partition coefficient (Wildman–Crippen LogP) is 7.55. The third-order valence-corrected chi connectivity index (χ3v) is 6.75. The summed E-state index contributed by atoms with van der Waals surface area (Å²) in [5.74, 6) is 2.15.